The highest BCUT2D eigenvalue weighted by Gasteiger charge is 2.41. The third-order valence-electron chi connectivity index (χ3n) is 5.85. The molecule has 1 saturated carbocycles. The van der Waals surface area contributed by atoms with Crippen LogP contribution < -0.4 is 5.73 Å². The van der Waals surface area contributed by atoms with E-state index in [0.29, 0.717) is 5.54 Å². The second-order valence-electron chi connectivity index (χ2n) is 8.21. The largest absolute Gasteiger partial charge is 0.329 e. The molecule has 2 fully saturated rings. The third kappa shape index (κ3) is 4.20. The first kappa shape index (κ1) is 17.2. The molecule has 1 aliphatic carbocycles. The molecule has 0 aromatic rings. The average molecular weight is 296 g/mol. The van der Waals surface area contributed by atoms with Crippen molar-refractivity contribution < 1.29 is 0 Å². The number of hydrogen-bond donors (Lipinski definition) is 1. The monoisotopic (exact) mass is 295 g/mol. The number of nitrogens with zero attached hydrogens (tertiary/aromatic N) is 2. The lowest BCUT2D eigenvalue weighted by molar-refractivity contribution is -0.00957. The summed E-state index contributed by atoms with van der Waals surface area (Å²) < 4.78 is 0. The van der Waals surface area contributed by atoms with E-state index >= 15 is 0 Å². The van der Waals surface area contributed by atoms with E-state index in [1.807, 2.05) is 0 Å². The molecule has 2 N–H and O–H groups in total. The van der Waals surface area contributed by atoms with Gasteiger partial charge < -0.3 is 10.6 Å². The summed E-state index contributed by atoms with van der Waals surface area (Å²) >= 11 is 0. The maximum atomic E-state index is 6.29. The van der Waals surface area contributed by atoms with Crippen LogP contribution in [0.2, 0.25) is 0 Å². The van der Waals surface area contributed by atoms with Gasteiger partial charge >= 0.3 is 0 Å². The lowest BCUT2D eigenvalue weighted by Crippen LogP contribution is -2.62. The van der Waals surface area contributed by atoms with Gasteiger partial charge in [0.1, 0.15) is 0 Å². The fourth-order valence-corrected chi connectivity index (χ4v) is 4.48. The Kier molecular flexibility index (Phi) is 6.10. The molecule has 3 nitrogen and oxygen atoms in total. The molecule has 124 valence electrons. The summed E-state index contributed by atoms with van der Waals surface area (Å²) in [5.41, 5.74) is 6.59. The predicted molar refractivity (Wildman–Crippen MR) is 91.4 cm³/mol. The van der Waals surface area contributed by atoms with E-state index in [2.05, 4.69) is 37.5 Å². The molecule has 2 unspecified atom stereocenters. The minimum absolute atomic E-state index is 0.303. The Labute approximate surface area is 132 Å². The van der Waals surface area contributed by atoms with Gasteiger partial charge in [0, 0.05) is 44.8 Å². The average Bonchev–Trinajstić information content (AvgIpc) is 2.47. The SMILES string of the molecule is CC(C)CN1CCN(C2(CN)CCCC(C(C)C)C2)CC1. The lowest BCUT2D eigenvalue weighted by Gasteiger charge is -2.52. The molecule has 3 heteroatoms. The Balaban J connectivity index is 1.95. The van der Waals surface area contributed by atoms with Crippen LogP contribution in [0.15, 0.2) is 0 Å². The van der Waals surface area contributed by atoms with E-state index in [1.54, 1.807) is 0 Å². The smallest absolute Gasteiger partial charge is 0.0335 e. The Morgan fingerprint density at radius 2 is 1.76 bits per heavy atom. The molecule has 1 saturated heterocycles. The van der Waals surface area contributed by atoms with Gasteiger partial charge in [-0.2, -0.15) is 0 Å². The Hall–Kier alpha value is -0.120. The molecule has 0 aromatic heterocycles. The lowest BCUT2D eigenvalue weighted by atomic mass is 9.70. The highest BCUT2D eigenvalue weighted by atomic mass is 15.3. The van der Waals surface area contributed by atoms with Gasteiger partial charge in [0.2, 0.25) is 0 Å². The van der Waals surface area contributed by atoms with Crippen LogP contribution in [-0.4, -0.2) is 54.6 Å². The minimum atomic E-state index is 0.303. The zero-order valence-corrected chi connectivity index (χ0v) is 14.8. The zero-order chi connectivity index (χ0) is 15.5. The van der Waals surface area contributed by atoms with Crippen molar-refractivity contribution in [1.29, 1.82) is 0 Å². The van der Waals surface area contributed by atoms with Crippen molar-refractivity contribution in [2.24, 2.45) is 23.5 Å². The van der Waals surface area contributed by atoms with E-state index in [1.165, 1.54) is 58.4 Å². The van der Waals surface area contributed by atoms with E-state index in [9.17, 15) is 0 Å². The van der Waals surface area contributed by atoms with Crippen LogP contribution in [0.4, 0.5) is 0 Å². The Morgan fingerprint density at radius 1 is 1.10 bits per heavy atom. The molecule has 1 aliphatic heterocycles. The highest BCUT2D eigenvalue weighted by Crippen LogP contribution is 2.39. The van der Waals surface area contributed by atoms with E-state index in [0.717, 1.165) is 24.3 Å². The van der Waals surface area contributed by atoms with Crippen LogP contribution in [0.5, 0.6) is 0 Å². The standard InChI is InChI=1S/C18H37N3/c1-15(2)13-20-8-10-21(11-9-20)18(14-19)7-5-6-17(12-18)16(3)4/h15-17H,5-14,19H2,1-4H3. The summed E-state index contributed by atoms with van der Waals surface area (Å²) in [6, 6.07) is 0. The molecule has 21 heavy (non-hydrogen) atoms. The van der Waals surface area contributed by atoms with Crippen LogP contribution in [0.25, 0.3) is 0 Å². The van der Waals surface area contributed by atoms with Crippen molar-refractivity contribution >= 4 is 0 Å². The van der Waals surface area contributed by atoms with Crippen molar-refractivity contribution in [2.75, 3.05) is 39.3 Å². The minimum Gasteiger partial charge on any atom is -0.329 e. The summed E-state index contributed by atoms with van der Waals surface area (Å²) in [5, 5.41) is 0. The quantitative estimate of drug-likeness (QED) is 0.846. The molecule has 1 heterocycles. The van der Waals surface area contributed by atoms with Crippen molar-refractivity contribution in [3.63, 3.8) is 0 Å². The summed E-state index contributed by atoms with van der Waals surface area (Å²) in [7, 11) is 0. The Morgan fingerprint density at radius 3 is 2.29 bits per heavy atom. The van der Waals surface area contributed by atoms with Gasteiger partial charge in [0.25, 0.3) is 0 Å². The second kappa shape index (κ2) is 7.43. The molecule has 0 amide bonds. The van der Waals surface area contributed by atoms with E-state index < -0.39 is 0 Å². The molecular formula is C18H37N3. The maximum Gasteiger partial charge on any atom is 0.0335 e. The van der Waals surface area contributed by atoms with Gasteiger partial charge in [-0.05, 0) is 30.6 Å². The van der Waals surface area contributed by atoms with Gasteiger partial charge in [0.05, 0.1) is 0 Å². The highest BCUT2D eigenvalue weighted by molar-refractivity contribution is 4.98. The summed E-state index contributed by atoms with van der Waals surface area (Å²) in [6.45, 7) is 16.4. The maximum absolute atomic E-state index is 6.29. The molecule has 2 atom stereocenters. The summed E-state index contributed by atoms with van der Waals surface area (Å²) in [6.07, 6.45) is 5.42. The number of piperazine rings is 1. The number of hydrogen-bond acceptors (Lipinski definition) is 3. The first-order valence-corrected chi connectivity index (χ1v) is 9.14. The van der Waals surface area contributed by atoms with Crippen LogP contribution >= 0.6 is 0 Å². The molecule has 2 aliphatic rings. The number of nitrogens with two attached hydrogens (primary N) is 1. The van der Waals surface area contributed by atoms with Crippen molar-refractivity contribution in [1.82, 2.24) is 9.80 Å². The third-order valence-corrected chi connectivity index (χ3v) is 5.85. The van der Waals surface area contributed by atoms with Crippen molar-refractivity contribution in [2.45, 2.75) is 58.9 Å². The first-order valence-electron chi connectivity index (χ1n) is 9.14. The van der Waals surface area contributed by atoms with Gasteiger partial charge in [-0.15, -0.1) is 0 Å². The Bertz CT molecular complexity index is 308. The van der Waals surface area contributed by atoms with Crippen LogP contribution in [0.3, 0.4) is 0 Å². The van der Waals surface area contributed by atoms with Crippen LogP contribution in [0.1, 0.15) is 53.4 Å². The van der Waals surface area contributed by atoms with Gasteiger partial charge in [-0.1, -0.05) is 40.5 Å². The van der Waals surface area contributed by atoms with Gasteiger partial charge in [-0.25, -0.2) is 0 Å². The van der Waals surface area contributed by atoms with Crippen LogP contribution in [0, 0.1) is 17.8 Å². The molecule has 0 bridgehead atoms. The molecule has 0 spiro atoms. The summed E-state index contributed by atoms with van der Waals surface area (Å²) in [4.78, 5) is 5.38. The molecular weight excluding hydrogens is 258 g/mol. The van der Waals surface area contributed by atoms with E-state index in [-0.39, 0.29) is 0 Å². The fourth-order valence-electron chi connectivity index (χ4n) is 4.48. The second-order valence-corrected chi connectivity index (χ2v) is 8.21. The van der Waals surface area contributed by atoms with Crippen molar-refractivity contribution in [3.05, 3.63) is 0 Å². The fraction of sp³-hybridized carbons (Fsp3) is 1.00. The van der Waals surface area contributed by atoms with Crippen molar-refractivity contribution in [3.8, 4) is 0 Å². The van der Waals surface area contributed by atoms with Crippen LogP contribution in [-0.2, 0) is 0 Å². The zero-order valence-electron chi connectivity index (χ0n) is 14.8. The molecule has 2 rings (SSSR count). The predicted octanol–water partition coefficient (Wildman–Crippen LogP) is 2.80. The van der Waals surface area contributed by atoms with E-state index in [4.69, 9.17) is 5.73 Å². The van der Waals surface area contributed by atoms with Gasteiger partial charge in [-0.3, -0.25) is 4.90 Å². The topological polar surface area (TPSA) is 32.5 Å². The summed E-state index contributed by atoms with van der Waals surface area (Å²) in [5.74, 6) is 2.45. The first-order chi connectivity index (χ1) is 9.97. The normalized spacial score (nSPS) is 33.0. The molecule has 0 radical (unpaired) electrons. The molecule has 0 aromatic carbocycles. The number of rotatable bonds is 5. The van der Waals surface area contributed by atoms with Gasteiger partial charge in [0.15, 0.2) is 0 Å².